The Bertz CT molecular complexity index is 1130. The van der Waals surface area contributed by atoms with Crippen LogP contribution in [0.2, 0.25) is 0 Å². The maximum Gasteiger partial charge on any atom is 0.0354 e. The molecule has 0 N–H and O–H groups in total. The summed E-state index contributed by atoms with van der Waals surface area (Å²) in [5.74, 6) is 0. The third kappa shape index (κ3) is 5.38. The average Bonchev–Trinajstić information content (AvgIpc) is 3.06. The molecule has 3 rings (SSSR count). The summed E-state index contributed by atoms with van der Waals surface area (Å²) in [5, 5.41) is -0.131. The molecule has 0 nitrogen and oxygen atoms in total. The van der Waals surface area contributed by atoms with E-state index in [0.717, 1.165) is 12.8 Å². The van der Waals surface area contributed by atoms with Crippen molar-refractivity contribution in [1.82, 2.24) is 0 Å². The summed E-state index contributed by atoms with van der Waals surface area (Å²) in [6, 6.07) is 14.3. The van der Waals surface area contributed by atoms with Crippen molar-refractivity contribution in [3.05, 3.63) is 108 Å². The molecule has 1 aliphatic carbocycles. The van der Waals surface area contributed by atoms with E-state index in [4.69, 9.17) is 0 Å². The molecule has 0 aliphatic heterocycles. The standard InChI is InChI=1S/C36H49P/c1-12-14-20-32(5,6)24-34(9,10)36(35(11,37)25-33(7,8)21-15-13-2)30-18-16-26(3)22-28(30)29-23-27(4)17-19-31(29)36/h12-23H,1-2,24-25,37H2,3-11H3/b20-14+,21-15+. The lowest BCUT2D eigenvalue weighted by Crippen LogP contribution is -2.57. The Morgan fingerprint density at radius 3 is 1.51 bits per heavy atom. The summed E-state index contributed by atoms with van der Waals surface area (Å²) >= 11 is 0. The maximum absolute atomic E-state index is 3.93. The highest BCUT2D eigenvalue weighted by molar-refractivity contribution is 7.19. The molecule has 0 heterocycles. The highest BCUT2D eigenvalue weighted by Gasteiger charge is 2.62. The van der Waals surface area contributed by atoms with Gasteiger partial charge in [-0.1, -0.05) is 146 Å². The lowest BCUT2D eigenvalue weighted by molar-refractivity contribution is 0.0936. The summed E-state index contributed by atoms with van der Waals surface area (Å²) in [4.78, 5) is 0. The van der Waals surface area contributed by atoms with E-state index in [1.807, 2.05) is 12.2 Å². The number of allylic oxidation sites excluding steroid dienone is 6. The first-order chi connectivity index (χ1) is 17.0. The number of hydrogen-bond donors (Lipinski definition) is 0. The Labute approximate surface area is 230 Å². The summed E-state index contributed by atoms with van der Waals surface area (Å²) in [6.45, 7) is 29.2. The minimum atomic E-state index is -0.213. The van der Waals surface area contributed by atoms with E-state index in [1.165, 1.54) is 33.4 Å². The second-order valence-corrected chi connectivity index (χ2v) is 14.9. The predicted molar refractivity (Wildman–Crippen MR) is 169 cm³/mol. The fraction of sp³-hybridized carbons (Fsp3) is 0.444. The number of rotatable bonds is 10. The van der Waals surface area contributed by atoms with Crippen LogP contribution in [0, 0.1) is 30.1 Å². The molecule has 2 atom stereocenters. The number of aryl methyl sites for hydroxylation is 2. The van der Waals surface area contributed by atoms with Gasteiger partial charge in [-0.2, -0.15) is 0 Å². The molecule has 1 heteroatoms. The van der Waals surface area contributed by atoms with Crippen LogP contribution >= 0.6 is 9.24 Å². The van der Waals surface area contributed by atoms with Crippen molar-refractivity contribution >= 4 is 9.24 Å². The van der Waals surface area contributed by atoms with Crippen LogP contribution in [0.15, 0.2) is 86.0 Å². The molecule has 0 saturated heterocycles. The van der Waals surface area contributed by atoms with Crippen LogP contribution in [0.5, 0.6) is 0 Å². The van der Waals surface area contributed by atoms with Crippen molar-refractivity contribution in [3.8, 4) is 11.1 Å². The highest BCUT2D eigenvalue weighted by atomic mass is 31.0. The molecular formula is C36H49P. The smallest absolute Gasteiger partial charge is 0.0354 e. The second-order valence-electron chi connectivity index (χ2n) is 13.7. The molecule has 0 saturated carbocycles. The van der Waals surface area contributed by atoms with E-state index in [-0.39, 0.29) is 26.8 Å². The van der Waals surface area contributed by atoms with Crippen molar-refractivity contribution in [2.24, 2.45) is 16.2 Å². The van der Waals surface area contributed by atoms with Crippen LogP contribution in [0.4, 0.5) is 0 Å². The first kappa shape index (κ1) is 29.4. The van der Waals surface area contributed by atoms with E-state index in [0.29, 0.717) is 0 Å². The van der Waals surface area contributed by atoms with E-state index >= 15 is 0 Å². The Morgan fingerprint density at radius 1 is 0.703 bits per heavy atom. The van der Waals surface area contributed by atoms with Crippen LogP contribution in [-0.2, 0) is 5.41 Å². The van der Waals surface area contributed by atoms with Gasteiger partial charge in [0.05, 0.1) is 0 Å². The van der Waals surface area contributed by atoms with Gasteiger partial charge in [0.15, 0.2) is 0 Å². The van der Waals surface area contributed by atoms with Crippen LogP contribution in [0.3, 0.4) is 0 Å². The van der Waals surface area contributed by atoms with Crippen molar-refractivity contribution in [1.29, 1.82) is 0 Å². The molecule has 2 aromatic rings. The van der Waals surface area contributed by atoms with Gasteiger partial charge in [-0.15, -0.1) is 9.24 Å². The molecule has 0 radical (unpaired) electrons. The maximum atomic E-state index is 3.93. The van der Waals surface area contributed by atoms with Gasteiger partial charge in [-0.05, 0) is 70.3 Å². The molecule has 198 valence electrons. The lowest BCUT2D eigenvalue weighted by Gasteiger charge is -2.58. The third-order valence-electron chi connectivity index (χ3n) is 8.41. The van der Waals surface area contributed by atoms with Crippen LogP contribution in [0.25, 0.3) is 11.1 Å². The molecule has 0 aromatic heterocycles. The SMILES string of the molecule is C=C/C=C/C(C)(C)CC(C)(C)C1(C(C)(P)CC(C)(C)/C=C/C=C)c2ccc(C)cc2-c2cc(C)ccc21. The molecule has 0 amide bonds. The molecule has 2 unspecified atom stereocenters. The Hall–Kier alpha value is -2.17. The van der Waals surface area contributed by atoms with Crippen molar-refractivity contribution in [2.45, 2.75) is 85.7 Å². The molecule has 0 spiro atoms. The quantitative estimate of drug-likeness (QED) is 0.219. The first-order valence-electron chi connectivity index (χ1n) is 13.7. The van der Waals surface area contributed by atoms with Crippen LogP contribution in [0.1, 0.15) is 83.6 Å². The van der Waals surface area contributed by atoms with Crippen molar-refractivity contribution in [3.63, 3.8) is 0 Å². The molecule has 2 aromatic carbocycles. The van der Waals surface area contributed by atoms with E-state index in [2.05, 4.69) is 145 Å². The zero-order valence-electron chi connectivity index (χ0n) is 24.8. The molecule has 1 aliphatic rings. The van der Waals surface area contributed by atoms with Gasteiger partial charge in [0.2, 0.25) is 0 Å². The van der Waals surface area contributed by atoms with Gasteiger partial charge < -0.3 is 0 Å². The number of fused-ring (bicyclic) bond motifs is 3. The first-order valence-corrected chi connectivity index (χ1v) is 14.2. The van der Waals surface area contributed by atoms with Gasteiger partial charge in [-0.3, -0.25) is 0 Å². The van der Waals surface area contributed by atoms with E-state index in [1.54, 1.807) is 0 Å². The van der Waals surface area contributed by atoms with Gasteiger partial charge in [0, 0.05) is 5.41 Å². The second kappa shape index (κ2) is 10.2. The molecule has 0 fully saturated rings. The summed E-state index contributed by atoms with van der Waals surface area (Å²) in [5.41, 5.74) is 8.10. The monoisotopic (exact) mass is 512 g/mol. The van der Waals surface area contributed by atoms with Gasteiger partial charge in [0.1, 0.15) is 0 Å². The van der Waals surface area contributed by atoms with Crippen molar-refractivity contribution < 1.29 is 0 Å². The zero-order valence-corrected chi connectivity index (χ0v) is 26.0. The predicted octanol–water partition coefficient (Wildman–Crippen LogP) is 10.5. The Kier molecular flexibility index (Phi) is 8.09. The fourth-order valence-electron chi connectivity index (χ4n) is 7.80. The van der Waals surface area contributed by atoms with Gasteiger partial charge in [-0.25, -0.2) is 0 Å². The molecule has 37 heavy (non-hydrogen) atoms. The van der Waals surface area contributed by atoms with E-state index in [9.17, 15) is 0 Å². The van der Waals surface area contributed by atoms with Crippen molar-refractivity contribution in [2.75, 3.05) is 0 Å². The molecule has 0 bridgehead atoms. The Balaban J connectivity index is 2.42. The summed E-state index contributed by atoms with van der Waals surface area (Å²) in [7, 11) is 3.39. The molecular weight excluding hydrogens is 463 g/mol. The normalized spacial score (nSPS) is 17.0. The summed E-state index contributed by atoms with van der Waals surface area (Å²) in [6.07, 6.45) is 14.7. The van der Waals surface area contributed by atoms with Gasteiger partial charge in [0.25, 0.3) is 0 Å². The van der Waals surface area contributed by atoms with Crippen LogP contribution in [-0.4, -0.2) is 5.16 Å². The fourth-order valence-corrected chi connectivity index (χ4v) is 9.03. The van der Waals surface area contributed by atoms with E-state index < -0.39 is 0 Å². The largest absolute Gasteiger partial charge is 0.130 e. The highest BCUT2D eigenvalue weighted by Crippen LogP contribution is 2.68. The lowest BCUT2D eigenvalue weighted by atomic mass is 9.49. The Morgan fingerprint density at radius 2 is 1.11 bits per heavy atom. The topological polar surface area (TPSA) is 0 Å². The average molecular weight is 513 g/mol. The minimum absolute atomic E-state index is 0.00431. The van der Waals surface area contributed by atoms with Gasteiger partial charge >= 0.3 is 0 Å². The zero-order chi connectivity index (χ0) is 27.9. The summed E-state index contributed by atoms with van der Waals surface area (Å²) < 4.78 is 0. The minimum Gasteiger partial charge on any atom is -0.130 e. The van der Waals surface area contributed by atoms with Crippen LogP contribution < -0.4 is 0 Å². The third-order valence-corrected chi connectivity index (χ3v) is 9.04. The number of hydrogen-bond acceptors (Lipinski definition) is 0. The number of benzene rings is 2.